The molecule has 0 fully saturated rings. The molecule has 2 rings (SSSR count). The monoisotopic (exact) mass is 368 g/mol. The number of hydrogen-bond acceptors (Lipinski definition) is 4. The van der Waals surface area contributed by atoms with Gasteiger partial charge in [0.15, 0.2) is 6.10 Å². The van der Waals surface area contributed by atoms with Crippen LogP contribution in [0.5, 0.6) is 11.5 Å². The quantitative estimate of drug-likeness (QED) is 0.582. The molecular weight excluding hydrogens is 344 g/mol. The minimum atomic E-state index is -0.774. The molecule has 0 aliphatic carbocycles. The van der Waals surface area contributed by atoms with E-state index in [9.17, 15) is 9.59 Å². The molecule has 0 spiro atoms. The van der Waals surface area contributed by atoms with E-state index >= 15 is 0 Å². The van der Waals surface area contributed by atoms with E-state index in [4.69, 9.17) is 9.47 Å². The maximum atomic E-state index is 12.0. The lowest BCUT2D eigenvalue weighted by Gasteiger charge is -2.15. The van der Waals surface area contributed by atoms with E-state index in [2.05, 4.69) is 10.9 Å². The maximum absolute atomic E-state index is 12.0. The summed E-state index contributed by atoms with van der Waals surface area (Å²) in [6.07, 6.45) is 2.26. The van der Waals surface area contributed by atoms with Crippen LogP contribution in [0.25, 0.3) is 6.08 Å². The number of nitrogens with one attached hydrogen (secondary N) is 2. The summed E-state index contributed by atoms with van der Waals surface area (Å²) in [6, 6.07) is 14.7. The molecule has 6 nitrogen and oxygen atoms in total. The largest absolute Gasteiger partial charge is 0.494 e. The number of hydrazine groups is 1. The average molecular weight is 368 g/mol. The Morgan fingerprint density at radius 2 is 1.78 bits per heavy atom. The molecule has 0 saturated carbocycles. The molecule has 142 valence electrons. The number of carbonyl (C=O) groups excluding carboxylic acids is 2. The molecule has 0 saturated heterocycles. The Kier molecular flexibility index (Phi) is 7.43. The van der Waals surface area contributed by atoms with Gasteiger partial charge in [0.25, 0.3) is 11.8 Å². The summed E-state index contributed by atoms with van der Waals surface area (Å²) in [6.45, 7) is 6.06. The van der Waals surface area contributed by atoms with Crippen LogP contribution in [-0.4, -0.2) is 24.5 Å². The van der Waals surface area contributed by atoms with E-state index in [-0.39, 0.29) is 0 Å². The first-order valence-corrected chi connectivity index (χ1v) is 8.72. The highest BCUT2D eigenvalue weighted by molar-refractivity contribution is 5.93. The first kappa shape index (κ1) is 20.0. The van der Waals surface area contributed by atoms with Crippen LogP contribution >= 0.6 is 0 Å². The first-order chi connectivity index (χ1) is 13.0. The molecule has 2 amide bonds. The van der Waals surface area contributed by atoms with Crippen molar-refractivity contribution >= 4 is 17.9 Å². The summed E-state index contributed by atoms with van der Waals surface area (Å²) < 4.78 is 10.9. The molecule has 0 aliphatic heterocycles. The molecule has 0 heterocycles. The van der Waals surface area contributed by atoms with Gasteiger partial charge in [-0.3, -0.25) is 20.4 Å². The fourth-order valence-electron chi connectivity index (χ4n) is 2.25. The fourth-order valence-corrected chi connectivity index (χ4v) is 2.25. The summed E-state index contributed by atoms with van der Waals surface area (Å²) in [4.78, 5) is 23.9. The zero-order valence-electron chi connectivity index (χ0n) is 15.7. The Balaban J connectivity index is 1.79. The number of hydrogen-bond donors (Lipinski definition) is 2. The predicted molar refractivity (Wildman–Crippen MR) is 104 cm³/mol. The second kappa shape index (κ2) is 10.0. The van der Waals surface area contributed by atoms with E-state index in [1.54, 1.807) is 37.3 Å². The van der Waals surface area contributed by atoms with E-state index in [1.165, 1.54) is 6.08 Å². The summed E-state index contributed by atoms with van der Waals surface area (Å²) in [5, 5.41) is 0. The number of rotatable bonds is 7. The molecule has 0 aliphatic rings. The molecule has 0 aromatic heterocycles. The Morgan fingerprint density at radius 3 is 2.44 bits per heavy atom. The number of carbonyl (C=O) groups is 2. The van der Waals surface area contributed by atoms with Crippen molar-refractivity contribution < 1.29 is 19.1 Å². The van der Waals surface area contributed by atoms with Crippen LogP contribution < -0.4 is 20.3 Å². The van der Waals surface area contributed by atoms with E-state index in [0.717, 1.165) is 16.9 Å². The minimum Gasteiger partial charge on any atom is -0.494 e. The number of benzene rings is 2. The van der Waals surface area contributed by atoms with Crippen LogP contribution in [-0.2, 0) is 9.59 Å². The van der Waals surface area contributed by atoms with Crippen molar-refractivity contribution in [3.8, 4) is 11.5 Å². The topological polar surface area (TPSA) is 76.7 Å². The molecule has 2 N–H and O–H groups in total. The molecule has 2 aromatic rings. The zero-order valence-corrected chi connectivity index (χ0v) is 15.7. The molecule has 0 radical (unpaired) electrons. The summed E-state index contributed by atoms with van der Waals surface area (Å²) in [5.74, 6) is 0.376. The van der Waals surface area contributed by atoms with Crippen LogP contribution in [0.1, 0.15) is 25.0 Å². The Morgan fingerprint density at radius 1 is 1.07 bits per heavy atom. The van der Waals surface area contributed by atoms with Gasteiger partial charge in [-0.2, -0.15) is 0 Å². The van der Waals surface area contributed by atoms with Gasteiger partial charge >= 0.3 is 0 Å². The van der Waals surface area contributed by atoms with Crippen molar-refractivity contribution in [2.75, 3.05) is 6.61 Å². The van der Waals surface area contributed by atoms with Crippen LogP contribution in [0.4, 0.5) is 0 Å². The van der Waals surface area contributed by atoms with E-state index in [0.29, 0.717) is 12.4 Å². The molecule has 1 unspecified atom stereocenters. The molecule has 27 heavy (non-hydrogen) atoms. The zero-order chi connectivity index (χ0) is 19.6. The lowest BCUT2D eigenvalue weighted by atomic mass is 10.1. The van der Waals surface area contributed by atoms with Gasteiger partial charge < -0.3 is 9.47 Å². The number of ether oxygens (including phenoxy) is 2. The average Bonchev–Trinajstić information content (AvgIpc) is 2.66. The second-order valence-electron chi connectivity index (χ2n) is 5.89. The Bertz CT molecular complexity index is 800. The van der Waals surface area contributed by atoms with Crippen molar-refractivity contribution in [1.82, 2.24) is 10.9 Å². The van der Waals surface area contributed by atoms with Crippen molar-refractivity contribution in [2.24, 2.45) is 0 Å². The molecule has 6 heteroatoms. The van der Waals surface area contributed by atoms with Gasteiger partial charge in [0.2, 0.25) is 0 Å². The summed E-state index contributed by atoms with van der Waals surface area (Å²) in [5.41, 5.74) is 6.69. The third-order valence-electron chi connectivity index (χ3n) is 3.60. The minimum absolute atomic E-state index is 0.432. The van der Waals surface area contributed by atoms with Crippen LogP contribution in [0.3, 0.4) is 0 Å². The van der Waals surface area contributed by atoms with Gasteiger partial charge in [-0.15, -0.1) is 0 Å². The van der Waals surface area contributed by atoms with Gasteiger partial charge in [0.05, 0.1) is 6.61 Å². The molecule has 0 bridgehead atoms. The summed E-state index contributed by atoms with van der Waals surface area (Å²) >= 11 is 0. The third-order valence-corrected chi connectivity index (χ3v) is 3.60. The van der Waals surface area contributed by atoms with Crippen molar-refractivity contribution in [3.05, 3.63) is 65.7 Å². The van der Waals surface area contributed by atoms with Gasteiger partial charge in [-0.25, -0.2) is 0 Å². The van der Waals surface area contributed by atoms with Crippen LogP contribution in [0.2, 0.25) is 0 Å². The fraction of sp³-hybridized carbons (Fsp3) is 0.238. The maximum Gasteiger partial charge on any atom is 0.279 e. The lowest BCUT2D eigenvalue weighted by molar-refractivity contribution is -0.131. The van der Waals surface area contributed by atoms with Crippen molar-refractivity contribution in [1.29, 1.82) is 0 Å². The van der Waals surface area contributed by atoms with Crippen LogP contribution in [0, 0.1) is 6.92 Å². The summed E-state index contributed by atoms with van der Waals surface area (Å²) in [7, 11) is 0. The molecular formula is C21H24N2O4. The highest BCUT2D eigenvalue weighted by Crippen LogP contribution is 2.18. The van der Waals surface area contributed by atoms with Gasteiger partial charge in [0.1, 0.15) is 11.5 Å². The van der Waals surface area contributed by atoms with Crippen molar-refractivity contribution in [3.63, 3.8) is 0 Å². The van der Waals surface area contributed by atoms with Crippen molar-refractivity contribution in [2.45, 2.75) is 26.9 Å². The Labute approximate surface area is 159 Å². The highest BCUT2D eigenvalue weighted by Gasteiger charge is 2.15. The van der Waals surface area contributed by atoms with E-state index < -0.39 is 17.9 Å². The van der Waals surface area contributed by atoms with Gasteiger partial charge in [0, 0.05) is 6.08 Å². The van der Waals surface area contributed by atoms with Crippen LogP contribution in [0.15, 0.2) is 54.6 Å². The molecule has 1 atom stereocenters. The number of aryl methyl sites for hydroxylation is 1. The predicted octanol–water partition coefficient (Wildman–Crippen LogP) is 3.02. The first-order valence-electron chi connectivity index (χ1n) is 8.72. The number of amides is 2. The van der Waals surface area contributed by atoms with E-state index in [1.807, 2.05) is 38.1 Å². The standard InChI is InChI=1S/C21H24N2O4/c1-4-26-18-9-11-19(12-10-18)27-16(3)21(25)23-22-20(24)13-8-17-7-5-6-15(2)14-17/h5-14,16H,4H2,1-3H3,(H,22,24)(H,23,25)/b13-8+. The van der Waals surface area contributed by atoms with Gasteiger partial charge in [-0.1, -0.05) is 29.8 Å². The Hall–Kier alpha value is -3.28. The lowest BCUT2D eigenvalue weighted by Crippen LogP contribution is -2.46. The SMILES string of the molecule is CCOc1ccc(OC(C)C(=O)NNC(=O)/C=C/c2cccc(C)c2)cc1. The normalized spacial score (nSPS) is 11.7. The van der Waals surface area contributed by atoms with Gasteiger partial charge in [-0.05, 0) is 56.7 Å². The highest BCUT2D eigenvalue weighted by atomic mass is 16.5. The third kappa shape index (κ3) is 6.86. The smallest absolute Gasteiger partial charge is 0.279 e. The second-order valence-corrected chi connectivity index (χ2v) is 5.89. The molecule has 2 aromatic carbocycles.